The van der Waals surface area contributed by atoms with Crippen LogP contribution in [0.1, 0.15) is 31.7 Å². The zero-order valence-electron chi connectivity index (χ0n) is 9.84. The molecule has 3 heteroatoms. The van der Waals surface area contributed by atoms with E-state index in [0.29, 0.717) is 12.5 Å². The molecule has 0 radical (unpaired) electrons. The summed E-state index contributed by atoms with van der Waals surface area (Å²) < 4.78 is 0. The molecule has 0 atom stereocenters. The Labute approximate surface area is 96.2 Å². The predicted octanol–water partition coefficient (Wildman–Crippen LogP) is 2.92. The van der Waals surface area contributed by atoms with Gasteiger partial charge >= 0.3 is 0 Å². The molecule has 0 saturated heterocycles. The van der Waals surface area contributed by atoms with Gasteiger partial charge in [0.05, 0.1) is 0 Å². The Morgan fingerprint density at radius 2 is 2.06 bits per heavy atom. The van der Waals surface area contributed by atoms with Gasteiger partial charge in [-0.2, -0.15) is 0 Å². The normalized spacial score (nSPS) is 14.6. The van der Waals surface area contributed by atoms with Gasteiger partial charge in [-0.3, -0.25) is 4.79 Å². The molecule has 0 spiro atoms. The van der Waals surface area contributed by atoms with Crippen molar-refractivity contribution in [3.63, 3.8) is 0 Å². The highest BCUT2D eigenvalue weighted by atomic mass is 16.1. The zero-order chi connectivity index (χ0) is 11.5. The lowest BCUT2D eigenvalue weighted by atomic mass is 10.1. The average Bonchev–Trinajstić information content (AvgIpc) is 3.07. The number of carbonyl (C=O) groups excluding carboxylic acids is 1. The number of amides is 1. The molecule has 0 aliphatic heterocycles. The predicted molar refractivity (Wildman–Crippen MR) is 66.7 cm³/mol. The molecule has 16 heavy (non-hydrogen) atoms. The van der Waals surface area contributed by atoms with Gasteiger partial charge < -0.3 is 10.6 Å². The number of anilines is 2. The summed E-state index contributed by atoms with van der Waals surface area (Å²) in [4.78, 5) is 11.3. The van der Waals surface area contributed by atoms with Crippen LogP contribution in [-0.4, -0.2) is 11.9 Å². The van der Waals surface area contributed by atoms with Crippen molar-refractivity contribution in [3.8, 4) is 0 Å². The van der Waals surface area contributed by atoms with Crippen LogP contribution in [0.5, 0.6) is 0 Å². The molecule has 86 valence electrons. The third kappa shape index (κ3) is 2.54. The fourth-order valence-corrected chi connectivity index (χ4v) is 1.61. The van der Waals surface area contributed by atoms with Crippen molar-refractivity contribution in [3.05, 3.63) is 23.8 Å². The van der Waals surface area contributed by atoms with Crippen molar-refractivity contribution >= 4 is 17.3 Å². The summed E-state index contributed by atoms with van der Waals surface area (Å²) in [6.07, 6.45) is 3.02. The van der Waals surface area contributed by atoms with Crippen molar-refractivity contribution in [1.82, 2.24) is 0 Å². The number of hydrogen-bond donors (Lipinski definition) is 2. The van der Waals surface area contributed by atoms with Crippen LogP contribution in [0, 0.1) is 6.92 Å². The summed E-state index contributed by atoms with van der Waals surface area (Å²) in [7, 11) is 0. The summed E-state index contributed by atoms with van der Waals surface area (Å²) in [6, 6.07) is 6.62. The Kier molecular flexibility index (Phi) is 3.13. The second-order valence-electron chi connectivity index (χ2n) is 4.30. The molecule has 1 aliphatic carbocycles. The smallest absolute Gasteiger partial charge is 0.224 e. The van der Waals surface area contributed by atoms with Crippen LogP contribution in [0.15, 0.2) is 18.2 Å². The third-order valence-electron chi connectivity index (χ3n) is 2.87. The molecule has 3 nitrogen and oxygen atoms in total. The molecule has 1 aromatic carbocycles. The molecular formula is C13H18N2O. The fourth-order valence-electron chi connectivity index (χ4n) is 1.61. The Balaban J connectivity index is 2.14. The quantitative estimate of drug-likeness (QED) is 0.815. The van der Waals surface area contributed by atoms with Crippen LogP contribution in [0.4, 0.5) is 11.4 Å². The molecule has 0 unspecified atom stereocenters. The summed E-state index contributed by atoms with van der Waals surface area (Å²) in [5.41, 5.74) is 3.17. The molecule has 1 aromatic rings. The van der Waals surface area contributed by atoms with Gasteiger partial charge in [-0.25, -0.2) is 0 Å². The van der Waals surface area contributed by atoms with Gasteiger partial charge in [-0.05, 0) is 37.5 Å². The van der Waals surface area contributed by atoms with Gasteiger partial charge in [0.15, 0.2) is 0 Å². The monoisotopic (exact) mass is 218 g/mol. The van der Waals surface area contributed by atoms with Gasteiger partial charge in [0.1, 0.15) is 0 Å². The zero-order valence-corrected chi connectivity index (χ0v) is 9.84. The van der Waals surface area contributed by atoms with Crippen LogP contribution in [-0.2, 0) is 4.79 Å². The summed E-state index contributed by atoms with van der Waals surface area (Å²) in [5, 5.41) is 6.38. The van der Waals surface area contributed by atoms with E-state index < -0.39 is 0 Å². The SMILES string of the molecule is CCC(=O)Nc1cccc(NC2CC2)c1C. The first-order valence-electron chi connectivity index (χ1n) is 5.86. The molecule has 2 N–H and O–H groups in total. The Hall–Kier alpha value is -1.51. The maximum Gasteiger partial charge on any atom is 0.224 e. The van der Waals surface area contributed by atoms with E-state index in [1.165, 1.54) is 12.8 Å². The van der Waals surface area contributed by atoms with E-state index in [0.717, 1.165) is 16.9 Å². The minimum Gasteiger partial charge on any atom is -0.382 e. The summed E-state index contributed by atoms with van der Waals surface area (Å²) in [6.45, 7) is 3.90. The van der Waals surface area contributed by atoms with Crippen LogP contribution < -0.4 is 10.6 Å². The van der Waals surface area contributed by atoms with Crippen molar-refractivity contribution in [1.29, 1.82) is 0 Å². The minimum atomic E-state index is 0.0617. The molecule has 1 amide bonds. The lowest BCUT2D eigenvalue weighted by molar-refractivity contribution is -0.115. The number of carbonyl (C=O) groups is 1. The van der Waals surface area contributed by atoms with Gasteiger partial charge in [0.2, 0.25) is 5.91 Å². The first-order valence-corrected chi connectivity index (χ1v) is 5.86. The lowest BCUT2D eigenvalue weighted by Gasteiger charge is -2.13. The summed E-state index contributed by atoms with van der Waals surface area (Å²) >= 11 is 0. The van der Waals surface area contributed by atoms with Crippen LogP contribution in [0.3, 0.4) is 0 Å². The van der Waals surface area contributed by atoms with Gasteiger partial charge in [0.25, 0.3) is 0 Å². The van der Waals surface area contributed by atoms with E-state index in [4.69, 9.17) is 0 Å². The van der Waals surface area contributed by atoms with E-state index >= 15 is 0 Å². The second kappa shape index (κ2) is 4.56. The average molecular weight is 218 g/mol. The van der Waals surface area contributed by atoms with Gasteiger partial charge in [-0.1, -0.05) is 13.0 Å². The first kappa shape index (κ1) is 11.0. The minimum absolute atomic E-state index is 0.0617. The molecule has 1 saturated carbocycles. The topological polar surface area (TPSA) is 41.1 Å². The van der Waals surface area contributed by atoms with E-state index in [1.54, 1.807) is 0 Å². The molecule has 2 rings (SSSR count). The number of benzene rings is 1. The Morgan fingerprint density at radius 1 is 1.38 bits per heavy atom. The van der Waals surface area contributed by atoms with Crippen LogP contribution in [0.2, 0.25) is 0 Å². The molecular weight excluding hydrogens is 200 g/mol. The van der Waals surface area contributed by atoms with E-state index in [9.17, 15) is 4.79 Å². The van der Waals surface area contributed by atoms with Crippen LogP contribution in [0.25, 0.3) is 0 Å². The standard InChI is InChI=1S/C13H18N2O/c1-3-13(16)15-12-6-4-5-11(9(12)2)14-10-7-8-10/h4-6,10,14H,3,7-8H2,1-2H3,(H,15,16). The lowest BCUT2D eigenvalue weighted by Crippen LogP contribution is -2.11. The highest BCUT2D eigenvalue weighted by Gasteiger charge is 2.21. The molecule has 1 aliphatic rings. The van der Waals surface area contributed by atoms with Crippen molar-refractivity contribution in [2.75, 3.05) is 10.6 Å². The number of rotatable bonds is 4. The van der Waals surface area contributed by atoms with Crippen LogP contribution >= 0.6 is 0 Å². The van der Waals surface area contributed by atoms with E-state index in [1.807, 2.05) is 26.0 Å². The van der Waals surface area contributed by atoms with E-state index in [-0.39, 0.29) is 5.91 Å². The Morgan fingerprint density at radius 3 is 2.69 bits per heavy atom. The molecule has 0 heterocycles. The highest BCUT2D eigenvalue weighted by molar-refractivity contribution is 5.92. The van der Waals surface area contributed by atoms with Gasteiger partial charge in [0, 0.05) is 23.8 Å². The maximum atomic E-state index is 11.3. The first-order chi connectivity index (χ1) is 7.70. The van der Waals surface area contributed by atoms with Gasteiger partial charge in [-0.15, -0.1) is 0 Å². The molecule has 0 bridgehead atoms. The largest absolute Gasteiger partial charge is 0.382 e. The fraction of sp³-hybridized carbons (Fsp3) is 0.462. The van der Waals surface area contributed by atoms with Crippen molar-refractivity contribution in [2.24, 2.45) is 0 Å². The second-order valence-corrected chi connectivity index (χ2v) is 4.30. The Bertz CT molecular complexity index is 397. The summed E-state index contributed by atoms with van der Waals surface area (Å²) in [5.74, 6) is 0.0617. The molecule has 0 aromatic heterocycles. The third-order valence-corrected chi connectivity index (χ3v) is 2.87. The maximum absolute atomic E-state index is 11.3. The van der Waals surface area contributed by atoms with Crippen molar-refractivity contribution in [2.45, 2.75) is 39.2 Å². The number of hydrogen-bond acceptors (Lipinski definition) is 2. The highest BCUT2D eigenvalue weighted by Crippen LogP contribution is 2.29. The van der Waals surface area contributed by atoms with E-state index in [2.05, 4.69) is 16.7 Å². The molecule has 1 fully saturated rings. The van der Waals surface area contributed by atoms with Crippen molar-refractivity contribution < 1.29 is 4.79 Å². The number of nitrogens with one attached hydrogen (secondary N) is 2.